The van der Waals surface area contributed by atoms with Crippen LogP contribution < -0.4 is 4.74 Å². The zero-order valence-corrected chi connectivity index (χ0v) is 7.12. The molecular formula is C10H12O2. The maximum Gasteiger partial charge on any atom is 0.308 e. The Morgan fingerprint density at radius 1 is 1.25 bits per heavy atom. The Hall–Kier alpha value is -1.57. The Kier molecular flexibility index (Phi) is 5.35. The fourth-order valence-electron chi connectivity index (χ4n) is 0.655. The van der Waals surface area contributed by atoms with Gasteiger partial charge in [0.25, 0.3) is 0 Å². The van der Waals surface area contributed by atoms with Crippen LogP contribution in [0.1, 0.15) is 6.92 Å². The zero-order chi connectivity index (χ0) is 9.40. The lowest BCUT2D eigenvalue weighted by Gasteiger charge is -1.97. The van der Waals surface area contributed by atoms with E-state index in [0.717, 1.165) is 0 Å². The maximum absolute atomic E-state index is 10.4. The van der Waals surface area contributed by atoms with Gasteiger partial charge in [-0.3, -0.25) is 4.79 Å². The first-order chi connectivity index (χ1) is 5.79. The summed E-state index contributed by atoms with van der Waals surface area (Å²) in [4.78, 5) is 10.4. The van der Waals surface area contributed by atoms with Gasteiger partial charge in [-0.15, -0.1) is 13.2 Å². The van der Waals surface area contributed by atoms with Crippen molar-refractivity contribution >= 4 is 5.97 Å². The normalized spacial score (nSPS) is 7.75. The summed E-state index contributed by atoms with van der Waals surface area (Å²) in [5, 5.41) is 0. The molecule has 0 aliphatic heterocycles. The van der Waals surface area contributed by atoms with E-state index in [-0.39, 0.29) is 5.97 Å². The summed E-state index contributed by atoms with van der Waals surface area (Å²) >= 11 is 0. The molecule has 0 N–H and O–H groups in total. The summed E-state index contributed by atoms with van der Waals surface area (Å²) in [6.45, 7) is 7.38. The van der Waals surface area contributed by atoms with E-state index < -0.39 is 0 Å². The molecule has 2 heteroatoms. The molecule has 0 atom stereocenters. The van der Waals surface area contributed by atoms with Crippen LogP contribution in [0.3, 0.4) is 0 Å². The number of hydrogen-bond acceptors (Lipinski definition) is 2. The average molecular weight is 164 g/mol. The minimum atomic E-state index is -0.286. The average Bonchev–Trinajstić information content (AvgIpc) is 2.08. The number of hydrogen-bond donors (Lipinski definition) is 0. The lowest BCUT2D eigenvalue weighted by atomic mass is 10.3. The van der Waals surface area contributed by atoms with Crippen LogP contribution in [0.4, 0.5) is 0 Å². The van der Waals surface area contributed by atoms with E-state index >= 15 is 0 Å². The van der Waals surface area contributed by atoms with Gasteiger partial charge in [-0.2, -0.15) is 0 Å². The first kappa shape index (κ1) is 10.4. The topological polar surface area (TPSA) is 26.3 Å². The molecule has 64 valence electrons. The molecule has 1 aromatic rings. The highest BCUT2D eigenvalue weighted by molar-refractivity contribution is 5.69. The third-order valence-corrected chi connectivity index (χ3v) is 1.00. The Morgan fingerprint density at radius 2 is 1.75 bits per heavy atom. The molecule has 0 fully saturated rings. The molecule has 0 saturated heterocycles. The van der Waals surface area contributed by atoms with Crippen molar-refractivity contribution in [2.24, 2.45) is 0 Å². The van der Waals surface area contributed by atoms with Gasteiger partial charge in [0.1, 0.15) is 5.75 Å². The quantitative estimate of drug-likeness (QED) is 0.362. The molecule has 12 heavy (non-hydrogen) atoms. The lowest BCUT2D eigenvalue weighted by Crippen LogP contribution is -2.00. The van der Waals surface area contributed by atoms with Crippen molar-refractivity contribution in [3.63, 3.8) is 0 Å². The van der Waals surface area contributed by atoms with Crippen LogP contribution in [0.2, 0.25) is 0 Å². The van der Waals surface area contributed by atoms with Crippen molar-refractivity contribution in [1.82, 2.24) is 0 Å². The van der Waals surface area contributed by atoms with E-state index in [2.05, 4.69) is 13.2 Å². The first-order valence-electron chi connectivity index (χ1n) is 3.52. The van der Waals surface area contributed by atoms with E-state index in [0.29, 0.717) is 5.75 Å². The zero-order valence-electron chi connectivity index (χ0n) is 7.12. The standard InChI is InChI=1S/C8H8O2.C2H4/c1-7(9)10-8-5-3-2-4-6-8;1-2/h2-6H,1H3;1-2H2. The number of benzene rings is 1. The fourth-order valence-corrected chi connectivity index (χ4v) is 0.655. The second-order valence-electron chi connectivity index (χ2n) is 1.91. The predicted molar refractivity (Wildman–Crippen MR) is 49.0 cm³/mol. The van der Waals surface area contributed by atoms with Gasteiger partial charge in [0.05, 0.1) is 0 Å². The molecular weight excluding hydrogens is 152 g/mol. The van der Waals surface area contributed by atoms with Gasteiger partial charge < -0.3 is 4.74 Å². The summed E-state index contributed by atoms with van der Waals surface area (Å²) in [5.74, 6) is 0.307. The molecule has 0 saturated carbocycles. The van der Waals surface area contributed by atoms with Crippen molar-refractivity contribution in [2.45, 2.75) is 6.92 Å². The first-order valence-corrected chi connectivity index (χ1v) is 3.52. The van der Waals surface area contributed by atoms with Gasteiger partial charge in [0.15, 0.2) is 0 Å². The number of para-hydroxylation sites is 1. The third kappa shape index (κ3) is 4.28. The van der Waals surface area contributed by atoms with Crippen molar-refractivity contribution in [1.29, 1.82) is 0 Å². The highest BCUT2D eigenvalue weighted by Gasteiger charge is 1.92. The Balaban J connectivity index is 0.000000561. The minimum absolute atomic E-state index is 0.286. The van der Waals surface area contributed by atoms with Crippen molar-refractivity contribution in [3.8, 4) is 5.75 Å². The van der Waals surface area contributed by atoms with Crippen LogP contribution >= 0.6 is 0 Å². The number of rotatable bonds is 1. The van der Waals surface area contributed by atoms with E-state index in [1.54, 1.807) is 12.1 Å². The molecule has 0 heterocycles. The highest BCUT2D eigenvalue weighted by atomic mass is 16.5. The fraction of sp³-hybridized carbons (Fsp3) is 0.100. The summed E-state index contributed by atoms with van der Waals surface area (Å²) in [6.07, 6.45) is 0. The largest absolute Gasteiger partial charge is 0.427 e. The van der Waals surface area contributed by atoms with Gasteiger partial charge in [0.2, 0.25) is 0 Å². The number of carbonyl (C=O) groups is 1. The van der Waals surface area contributed by atoms with E-state index in [1.165, 1.54) is 6.92 Å². The Bertz CT molecular complexity index is 229. The third-order valence-electron chi connectivity index (χ3n) is 1.00. The van der Waals surface area contributed by atoms with Gasteiger partial charge in [-0.05, 0) is 12.1 Å². The molecule has 0 bridgehead atoms. The second-order valence-corrected chi connectivity index (χ2v) is 1.91. The van der Waals surface area contributed by atoms with Crippen LogP contribution in [0, 0.1) is 0 Å². The molecule has 0 aliphatic rings. The molecule has 2 nitrogen and oxygen atoms in total. The summed E-state index contributed by atoms with van der Waals surface area (Å²) in [7, 11) is 0. The molecule has 0 spiro atoms. The Morgan fingerprint density at radius 3 is 2.17 bits per heavy atom. The monoisotopic (exact) mass is 164 g/mol. The van der Waals surface area contributed by atoms with Crippen LogP contribution in [-0.4, -0.2) is 5.97 Å². The molecule has 0 radical (unpaired) electrons. The number of carbonyl (C=O) groups excluding carboxylic acids is 1. The Labute approximate surface area is 72.5 Å². The van der Waals surface area contributed by atoms with Crippen LogP contribution in [0.5, 0.6) is 5.75 Å². The highest BCUT2D eigenvalue weighted by Crippen LogP contribution is 2.07. The maximum atomic E-state index is 10.4. The predicted octanol–water partition coefficient (Wildman–Crippen LogP) is 2.41. The van der Waals surface area contributed by atoms with E-state index in [4.69, 9.17) is 4.74 Å². The summed E-state index contributed by atoms with van der Waals surface area (Å²) in [6, 6.07) is 8.98. The van der Waals surface area contributed by atoms with Crippen LogP contribution in [0.15, 0.2) is 43.5 Å². The van der Waals surface area contributed by atoms with E-state index in [9.17, 15) is 4.79 Å². The van der Waals surface area contributed by atoms with Crippen molar-refractivity contribution in [2.75, 3.05) is 0 Å². The van der Waals surface area contributed by atoms with Gasteiger partial charge in [-0.1, -0.05) is 18.2 Å². The molecule has 1 rings (SSSR count). The van der Waals surface area contributed by atoms with Crippen molar-refractivity contribution < 1.29 is 9.53 Å². The van der Waals surface area contributed by atoms with E-state index in [1.807, 2.05) is 18.2 Å². The smallest absolute Gasteiger partial charge is 0.308 e. The SMILES string of the molecule is C=C.CC(=O)Oc1ccccc1. The summed E-state index contributed by atoms with van der Waals surface area (Å²) in [5.41, 5.74) is 0. The molecule has 0 aliphatic carbocycles. The second kappa shape index (κ2) is 6.16. The molecule has 1 aromatic carbocycles. The summed E-state index contributed by atoms with van der Waals surface area (Å²) < 4.78 is 4.78. The number of ether oxygens (including phenoxy) is 1. The molecule has 0 aromatic heterocycles. The number of esters is 1. The van der Waals surface area contributed by atoms with Crippen LogP contribution in [0.25, 0.3) is 0 Å². The van der Waals surface area contributed by atoms with Gasteiger partial charge in [-0.25, -0.2) is 0 Å². The molecule has 0 unspecified atom stereocenters. The van der Waals surface area contributed by atoms with Gasteiger partial charge >= 0.3 is 5.97 Å². The van der Waals surface area contributed by atoms with Crippen LogP contribution in [-0.2, 0) is 4.79 Å². The van der Waals surface area contributed by atoms with Crippen molar-refractivity contribution in [3.05, 3.63) is 43.5 Å². The lowest BCUT2D eigenvalue weighted by molar-refractivity contribution is -0.131. The molecule has 0 amide bonds. The van der Waals surface area contributed by atoms with Gasteiger partial charge in [0, 0.05) is 6.92 Å². The minimum Gasteiger partial charge on any atom is -0.427 e.